The zero-order valence-electron chi connectivity index (χ0n) is 7.60. The Labute approximate surface area is 92.2 Å². The SMILES string of the molecule is O=C(Cl)c1ccc2nc(C(F)(F)F)[nH]c2c1. The quantitative estimate of drug-likeness (QED) is 0.789. The number of aromatic nitrogens is 2. The van der Waals surface area contributed by atoms with Crippen molar-refractivity contribution in [1.82, 2.24) is 9.97 Å². The molecule has 0 spiro atoms. The lowest BCUT2D eigenvalue weighted by Gasteiger charge is -1.98. The van der Waals surface area contributed by atoms with Crippen molar-refractivity contribution in [3.05, 3.63) is 29.6 Å². The minimum absolute atomic E-state index is 0.117. The van der Waals surface area contributed by atoms with Crippen LogP contribution < -0.4 is 0 Å². The first-order valence-electron chi connectivity index (χ1n) is 4.15. The van der Waals surface area contributed by atoms with Crippen LogP contribution in [-0.2, 0) is 6.18 Å². The van der Waals surface area contributed by atoms with Crippen LogP contribution in [0.4, 0.5) is 13.2 Å². The highest BCUT2D eigenvalue weighted by atomic mass is 35.5. The second-order valence-corrected chi connectivity index (χ2v) is 3.43. The Morgan fingerprint density at radius 1 is 1.38 bits per heavy atom. The molecule has 0 bridgehead atoms. The van der Waals surface area contributed by atoms with Gasteiger partial charge in [0.2, 0.25) is 5.82 Å². The van der Waals surface area contributed by atoms with Crippen LogP contribution in [-0.4, -0.2) is 15.2 Å². The Morgan fingerprint density at radius 2 is 2.06 bits per heavy atom. The van der Waals surface area contributed by atoms with Crippen molar-refractivity contribution in [1.29, 1.82) is 0 Å². The molecule has 7 heteroatoms. The number of alkyl halides is 3. The second kappa shape index (κ2) is 3.48. The van der Waals surface area contributed by atoms with Crippen molar-refractivity contribution >= 4 is 27.9 Å². The Hall–Kier alpha value is -1.56. The van der Waals surface area contributed by atoms with E-state index in [4.69, 9.17) is 11.6 Å². The summed E-state index contributed by atoms with van der Waals surface area (Å²) in [6.45, 7) is 0. The van der Waals surface area contributed by atoms with E-state index >= 15 is 0 Å². The van der Waals surface area contributed by atoms with Gasteiger partial charge >= 0.3 is 6.18 Å². The molecule has 0 saturated carbocycles. The van der Waals surface area contributed by atoms with Gasteiger partial charge in [-0.15, -0.1) is 0 Å². The fourth-order valence-electron chi connectivity index (χ4n) is 1.27. The summed E-state index contributed by atoms with van der Waals surface area (Å²) in [6.07, 6.45) is -4.54. The predicted molar refractivity (Wildman–Crippen MR) is 51.3 cm³/mol. The normalized spacial score (nSPS) is 12.0. The van der Waals surface area contributed by atoms with Gasteiger partial charge in [-0.2, -0.15) is 13.2 Å². The van der Waals surface area contributed by atoms with Gasteiger partial charge in [-0.1, -0.05) is 0 Å². The molecule has 0 radical (unpaired) electrons. The van der Waals surface area contributed by atoms with Gasteiger partial charge in [-0.05, 0) is 29.8 Å². The number of hydrogen-bond acceptors (Lipinski definition) is 2. The number of carbonyl (C=O) groups excluding carboxylic acids is 1. The van der Waals surface area contributed by atoms with Crippen LogP contribution in [0, 0.1) is 0 Å². The molecule has 0 amide bonds. The number of halogens is 4. The average Bonchev–Trinajstić information content (AvgIpc) is 2.58. The summed E-state index contributed by atoms with van der Waals surface area (Å²) in [5.74, 6) is -1.10. The lowest BCUT2D eigenvalue weighted by atomic mass is 10.2. The summed E-state index contributed by atoms with van der Waals surface area (Å²) in [7, 11) is 0. The van der Waals surface area contributed by atoms with E-state index in [1.165, 1.54) is 18.2 Å². The topological polar surface area (TPSA) is 45.8 Å². The number of carbonyl (C=O) groups is 1. The number of benzene rings is 1. The van der Waals surface area contributed by atoms with E-state index in [1.54, 1.807) is 0 Å². The minimum Gasteiger partial charge on any atom is -0.334 e. The highest BCUT2D eigenvalue weighted by Gasteiger charge is 2.34. The summed E-state index contributed by atoms with van der Waals surface area (Å²) >= 11 is 5.20. The molecule has 2 rings (SSSR count). The van der Waals surface area contributed by atoms with E-state index in [1.807, 2.05) is 0 Å². The maximum absolute atomic E-state index is 12.3. The number of rotatable bonds is 1. The molecule has 1 aromatic carbocycles. The monoisotopic (exact) mass is 248 g/mol. The first-order valence-corrected chi connectivity index (χ1v) is 4.52. The molecule has 16 heavy (non-hydrogen) atoms. The Morgan fingerprint density at radius 3 is 2.62 bits per heavy atom. The third-order valence-electron chi connectivity index (χ3n) is 1.98. The standard InChI is InChI=1S/C9H4ClF3N2O/c10-7(16)4-1-2-5-6(3-4)15-8(14-5)9(11,12)13/h1-3H,(H,14,15). The highest BCUT2D eigenvalue weighted by Crippen LogP contribution is 2.28. The van der Waals surface area contributed by atoms with Crippen molar-refractivity contribution in [2.75, 3.05) is 0 Å². The summed E-state index contributed by atoms with van der Waals surface area (Å²) in [4.78, 5) is 16.2. The summed E-state index contributed by atoms with van der Waals surface area (Å²) in [5, 5.41) is -0.731. The van der Waals surface area contributed by atoms with Gasteiger partial charge in [-0.3, -0.25) is 4.79 Å². The lowest BCUT2D eigenvalue weighted by molar-refractivity contribution is -0.144. The molecule has 0 aliphatic carbocycles. The molecule has 0 saturated heterocycles. The first kappa shape index (κ1) is 10.9. The maximum atomic E-state index is 12.3. The van der Waals surface area contributed by atoms with Crippen LogP contribution in [0.2, 0.25) is 0 Å². The molecule has 0 aliphatic heterocycles. The van der Waals surface area contributed by atoms with Gasteiger partial charge in [-0.25, -0.2) is 4.98 Å². The molecule has 1 heterocycles. The molecule has 2 aromatic rings. The smallest absolute Gasteiger partial charge is 0.334 e. The van der Waals surface area contributed by atoms with E-state index in [0.29, 0.717) is 0 Å². The van der Waals surface area contributed by atoms with E-state index < -0.39 is 17.2 Å². The fraction of sp³-hybridized carbons (Fsp3) is 0.111. The highest BCUT2D eigenvalue weighted by molar-refractivity contribution is 6.67. The molecule has 0 aliphatic rings. The lowest BCUT2D eigenvalue weighted by Crippen LogP contribution is -2.06. The molecule has 84 valence electrons. The van der Waals surface area contributed by atoms with Gasteiger partial charge in [0.1, 0.15) is 0 Å². The van der Waals surface area contributed by atoms with Crippen LogP contribution in [0.15, 0.2) is 18.2 Å². The Bertz CT molecular complexity index is 561. The number of aromatic amines is 1. The van der Waals surface area contributed by atoms with E-state index in [9.17, 15) is 18.0 Å². The van der Waals surface area contributed by atoms with Crippen LogP contribution in [0.3, 0.4) is 0 Å². The zero-order valence-corrected chi connectivity index (χ0v) is 8.36. The third kappa shape index (κ3) is 1.88. The van der Waals surface area contributed by atoms with Gasteiger partial charge < -0.3 is 4.98 Å². The molecular weight excluding hydrogens is 245 g/mol. The van der Waals surface area contributed by atoms with Crippen molar-refractivity contribution < 1.29 is 18.0 Å². The zero-order chi connectivity index (χ0) is 11.9. The van der Waals surface area contributed by atoms with Crippen molar-refractivity contribution in [2.24, 2.45) is 0 Å². The van der Waals surface area contributed by atoms with Gasteiger partial charge in [0, 0.05) is 5.56 Å². The van der Waals surface area contributed by atoms with E-state index in [0.717, 1.165) is 0 Å². The molecule has 0 fully saturated rings. The van der Waals surface area contributed by atoms with Crippen LogP contribution in [0.25, 0.3) is 11.0 Å². The molecule has 3 nitrogen and oxygen atoms in total. The summed E-state index contributed by atoms with van der Waals surface area (Å²) < 4.78 is 36.9. The predicted octanol–water partition coefficient (Wildman–Crippen LogP) is 2.96. The summed E-state index contributed by atoms with van der Waals surface area (Å²) in [5.41, 5.74) is 0.374. The van der Waals surface area contributed by atoms with Gasteiger partial charge in [0.05, 0.1) is 11.0 Å². The molecule has 0 atom stereocenters. The number of imidazole rings is 1. The molecule has 1 aromatic heterocycles. The molecule has 1 N–H and O–H groups in total. The number of nitrogens with zero attached hydrogens (tertiary/aromatic N) is 1. The largest absolute Gasteiger partial charge is 0.449 e. The van der Waals surface area contributed by atoms with Crippen LogP contribution in [0.5, 0.6) is 0 Å². The number of nitrogens with one attached hydrogen (secondary N) is 1. The van der Waals surface area contributed by atoms with Gasteiger partial charge in [0.15, 0.2) is 0 Å². The average molecular weight is 249 g/mol. The van der Waals surface area contributed by atoms with Crippen molar-refractivity contribution in [3.8, 4) is 0 Å². The van der Waals surface area contributed by atoms with Crippen molar-refractivity contribution in [2.45, 2.75) is 6.18 Å². The number of H-pyrrole nitrogens is 1. The number of hydrogen-bond donors (Lipinski definition) is 1. The third-order valence-corrected chi connectivity index (χ3v) is 2.20. The van der Waals surface area contributed by atoms with Gasteiger partial charge in [0.25, 0.3) is 5.24 Å². The first-order chi connectivity index (χ1) is 7.38. The minimum atomic E-state index is -4.54. The second-order valence-electron chi connectivity index (χ2n) is 3.09. The van der Waals surface area contributed by atoms with Crippen LogP contribution >= 0.6 is 11.6 Å². The molecular formula is C9H4ClF3N2O. The summed E-state index contributed by atoms with van der Waals surface area (Å²) in [6, 6.07) is 3.85. The number of fused-ring (bicyclic) bond motifs is 1. The van der Waals surface area contributed by atoms with Crippen LogP contribution in [0.1, 0.15) is 16.2 Å². The Kier molecular flexibility index (Phi) is 2.38. The van der Waals surface area contributed by atoms with Crippen molar-refractivity contribution in [3.63, 3.8) is 0 Å². The Balaban J connectivity index is 2.59. The van der Waals surface area contributed by atoms with E-state index in [-0.39, 0.29) is 16.6 Å². The molecule has 0 unspecified atom stereocenters. The maximum Gasteiger partial charge on any atom is 0.449 e. The van der Waals surface area contributed by atoms with E-state index in [2.05, 4.69) is 9.97 Å². The fourth-order valence-corrected chi connectivity index (χ4v) is 1.38.